The zero-order valence-corrected chi connectivity index (χ0v) is 14.4. The van der Waals surface area contributed by atoms with Gasteiger partial charge in [-0.05, 0) is 11.6 Å². The predicted molar refractivity (Wildman–Crippen MR) is 103 cm³/mol. The van der Waals surface area contributed by atoms with Crippen LogP contribution in [0.1, 0.15) is 11.1 Å². The van der Waals surface area contributed by atoms with Crippen LogP contribution in [-0.2, 0) is 6.54 Å². The first-order valence-corrected chi connectivity index (χ1v) is 8.80. The molecule has 26 heavy (non-hydrogen) atoms. The van der Waals surface area contributed by atoms with Gasteiger partial charge in [0.15, 0.2) is 0 Å². The molecular formula is C19H14N4O2S. The molecule has 2 aromatic carbocycles. The van der Waals surface area contributed by atoms with E-state index in [1.54, 1.807) is 23.7 Å². The molecular weight excluding hydrogens is 348 g/mol. The number of aliphatic imine (C=N–C) groups is 1. The Bertz CT molecular complexity index is 1140. The van der Waals surface area contributed by atoms with E-state index >= 15 is 0 Å². The molecule has 0 saturated heterocycles. The summed E-state index contributed by atoms with van der Waals surface area (Å²) in [6.45, 7) is 0.274. The summed E-state index contributed by atoms with van der Waals surface area (Å²) in [6, 6.07) is 16.7. The molecule has 4 aromatic rings. The molecule has 0 saturated carbocycles. The maximum Gasteiger partial charge on any atom is 0.261 e. The number of hydrogen-bond acceptors (Lipinski definition) is 6. The first-order chi connectivity index (χ1) is 12.7. The minimum atomic E-state index is -0.241. The van der Waals surface area contributed by atoms with Gasteiger partial charge in [-0.15, -0.1) is 10.2 Å². The van der Waals surface area contributed by atoms with E-state index in [1.807, 2.05) is 36.4 Å². The van der Waals surface area contributed by atoms with Crippen LogP contribution in [0.15, 0.2) is 69.9 Å². The highest BCUT2D eigenvalue weighted by molar-refractivity contribution is 7.13. The van der Waals surface area contributed by atoms with Crippen molar-refractivity contribution in [2.75, 3.05) is 0 Å². The SMILES string of the molecule is O=c1c2ccccc2c(/C=N/c2nncs2)c(O)n1Cc1ccccc1. The summed E-state index contributed by atoms with van der Waals surface area (Å²) in [4.78, 5) is 17.1. The van der Waals surface area contributed by atoms with Crippen LogP contribution in [0.2, 0.25) is 0 Å². The molecule has 2 aromatic heterocycles. The molecule has 6 nitrogen and oxygen atoms in total. The Morgan fingerprint density at radius 3 is 2.54 bits per heavy atom. The van der Waals surface area contributed by atoms with Crippen LogP contribution in [0.4, 0.5) is 5.13 Å². The van der Waals surface area contributed by atoms with Crippen LogP contribution in [-0.4, -0.2) is 26.1 Å². The minimum Gasteiger partial charge on any atom is -0.494 e. The van der Waals surface area contributed by atoms with Crippen LogP contribution in [0, 0.1) is 0 Å². The number of pyridine rings is 1. The van der Waals surface area contributed by atoms with Gasteiger partial charge in [0.05, 0.1) is 12.1 Å². The molecule has 0 spiro atoms. The second kappa shape index (κ2) is 6.89. The Morgan fingerprint density at radius 1 is 1.08 bits per heavy atom. The second-order valence-electron chi connectivity index (χ2n) is 5.64. The van der Waals surface area contributed by atoms with Crippen LogP contribution in [0.3, 0.4) is 0 Å². The van der Waals surface area contributed by atoms with Gasteiger partial charge >= 0.3 is 0 Å². The molecule has 0 aliphatic carbocycles. The number of hydrogen-bond donors (Lipinski definition) is 1. The number of nitrogens with zero attached hydrogens (tertiary/aromatic N) is 4. The van der Waals surface area contributed by atoms with Gasteiger partial charge in [0.1, 0.15) is 5.51 Å². The third-order valence-electron chi connectivity index (χ3n) is 4.03. The summed E-state index contributed by atoms with van der Waals surface area (Å²) in [6.07, 6.45) is 1.53. The number of aromatic nitrogens is 3. The summed E-state index contributed by atoms with van der Waals surface area (Å²) in [7, 11) is 0. The highest BCUT2D eigenvalue weighted by Crippen LogP contribution is 2.25. The van der Waals surface area contributed by atoms with Crippen molar-refractivity contribution < 1.29 is 5.11 Å². The largest absolute Gasteiger partial charge is 0.494 e. The summed E-state index contributed by atoms with van der Waals surface area (Å²) in [5.41, 5.74) is 2.74. The van der Waals surface area contributed by atoms with E-state index in [9.17, 15) is 9.90 Å². The van der Waals surface area contributed by atoms with Crippen LogP contribution in [0.25, 0.3) is 10.8 Å². The lowest BCUT2D eigenvalue weighted by Gasteiger charge is -2.13. The van der Waals surface area contributed by atoms with Gasteiger partial charge in [0, 0.05) is 17.0 Å². The Labute approximate surface area is 152 Å². The maximum atomic E-state index is 12.9. The molecule has 4 rings (SSSR count). The molecule has 0 atom stereocenters. The molecule has 0 aliphatic rings. The number of fused-ring (bicyclic) bond motifs is 1. The molecule has 2 heterocycles. The molecule has 7 heteroatoms. The lowest BCUT2D eigenvalue weighted by atomic mass is 10.1. The zero-order chi connectivity index (χ0) is 17.9. The van der Waals surface area contributed by atoms with Crippen molar-refractivity contribution in [3.8, 4) is 5.88 Å². The van der Waals surface area contributed by atoms with Crippen LogP contribution >= 0.6 is 11.3 Å². The van der Waals surface area contributed by atoms with E-state index in [0.29, 0.717) is 21.5 Å². The highest BCUT2D eigenvalue weighted by Gasteiger charge is 2.15. The molecule has 0 bridgehead atoms. The fourth-order valence-corrected chi connectivity index (χ4v) is 3.19. The maximum absolute atomic E-state index is 12.9. The Hall–Kier alpha value is -3.32. The van der Waals surface area contributed by atoms with Gasteiger partial charge in [-0.3, -0.25) is 9.36 Å². The van der Waals surface area contributed by atoms with Crippen molar-refractivity contribution in [3.05, 3.63) is 81.6 Å². The molecule has 0 unspecified atom stereocenters. The van der Waals surface area contributed by atoms with Crippen molar-refractivity contribution >= 4 is 33.5 Å². The fourth-order valence-electron chi connectivity index (χ4n) is 2.80. The van der Waals surface area contributed by atoms with E-state index < -0.39 is 0 Å². The molecule has 0 fully saturated rings. The van der Waals surface area contributed by atoms with Crippen molar-refractivity contribution in [2.24, 2.45) is 4.99 Å². The van der Waals surface area contributed by atoms with Crippen molar-refractivity contribution in [1.82, 2.24) is 14.8 Å². The smallest absolute Gasteiger partial charge is 0.261 e. The Balaban J connectivity index is 1.91. The molecule has 0 aliphatic heterocycles. The number of aromatic hydroxyl groups is 1. The van der Waals surface area contributed by atoms with E-state index in [4.69, 9.17) is 0 Å². The van der Waals surface area contributed by atoms with E-state index in [2.05, 4.69) is 15.2 Å². The summed E-state index contributed by atoms with van der Waals surface area (Å²) in [5, 5.41) is 20.1. The predicted octanol–water partition coefficient (Wildman–Crippen LogP) is 3.36. The third-order valence-corrected chi connectivity index (χ3v) is 4.62. The average molecular weight is 362 g/mol. The van der Waals surface area contributed by atoms with Gasteiger partial charge in [-0.1, -0.05) is 59.9 Å². The lowest BCUT2D eigenvalue weighted by molar-refractivity contribution is 0.416. The number of rotatable bonds is 4. The first-order valence-electron chi connectivity index (χ1n) is 7.92. The normalized spacial score (nSPS) is 11.4. The first kappa shape index (κ1) is 16.2. The quantitative estimate of drug-likeness (QED) is 0.565. The average Bonchev–Trinajstić information content (AvgIpc) is 3.19. The molecule has 1 N–H and O–H groups in total. The summed E-state index contributed by atoms with van der Waals surface area (Å²) in [5.74, 6) is -0.120. The lowest BCUT2D eigenvalue weighted by Crippen LogP contribution is -2.22. The standard InChI is InChI=1S/C19H14N4O2S/c24-17-15-9-5-4-8-14(15)16(10-20-19-22-21-12-26-19)18(25)23(17)11-13-6-2-1-3-7-13/h1-10,12,25H,11H2/b20-10+. The van der Waals surface area contributed by atoms with Gasteiger partial charge in [0.2, 0.25) is 11.0 Å². The van der Waals surface area contributed by atoms with E-state index in [0.717, 1.165) is 5.56 Å². The van der Waals surface area contributed by atoms with Gasteiger partial charge < -0.3 is 5.11 Å². The Morgan fingerprint density at radius 2 is 1.81 bits per heavy atom. The van der Waals surface area contributed by atoms with Crippen molar-refractivity contribution in [2.45, 2.75) is 6.54 Å². The van der Waals surface area contributed by atoms with E-state index in [-0.39, 0.29) is 18.0 Å². The third kappa shape index (κ3) is 3.00. The van der Waals surface area contributed by atoms with Gasteiger partial charge in [-0.25, -0.2) is 4.99 Å². The molecule has 0 amide bonds. The summed E-state index contributed by atoms with van der Waals surface area (Å²) >= 11 is 1.29. The topological polar surface area (TPSA) is 80.4 Å². The molecule has 128 valence electrons. The summed E-state index contributed by atoms with van der Waals surface area (Å²) < 4.78 is 1.36. The zero-order valence-electron chi connectivity index (χ0n) is 13.6. The van der Waals surface area contributed by atoms with Crippen molar-refractivity contribution in [1.29, 1.82) is 0 Å². The van der Waals surface area contributed by atoms with E-state index in [1.165, 1.54) is 22.1 Å². The van der Waals surface area contributed by atoms with Crippen molar-refractivity contribution in [3.63, 3.8) is 0 Å². The highest BCUT2D eigenvalue weighted by atomic mass is 32.1. The molecule has 0 radical (unpaired) electrons. The van der Waals surface area contributed by atoms with Gasteiger partial charge in [-0.2, -0.15) is 0 Å². The van der Waals surface area contributed by atoms with Crippen LogP contribution in [0.5, 0.6) is 5.88 Å². The monoisotopic (exact) mass is 362 g/mol. The van der Waals surface area contributed by atoms with Gasteiger partial charge in [0.25, 0.3) is 5.56 Å². The number of benzene rings is 2. The second-order valence-corrected chi connectivity index (χ2v) is 6.45. The minimum absolute atomic E-state index is 0.120. The Kier molecular flexibility index (Phi) is 4.28. The van der Waals surface area contributed by atoms with Crippen LogP contribution < -0.4 is 5.56 Å². The fraction of sp³-hybridized carbons (Fsp3) is 0.0526.